The number of rotatable bonds is 3. The number of ether oxygens (including phenoxy) is 3. The van der Waals surface area contributed by atoms with Gasteiger partial charge in [-0.1, -0.05) is 18.2 Å². The molecule has 0 fully saturated rings. The van der Waals surface area contributed by atoms with Crippen LogP contribution in [0, 0.1) is 6.92 Å². The number of carbonyl (C=O) groups is 2. The molecule has 2 heterocycles. The largest absolute Gasteiger partial charge is 0.508 e. The Morgan fingerprint density at radius 3 is 2.67 bits per heavy atom. The van der Waals surface area contributed by atoms with Gasteiger partial charge in [-0.2, -0.15) is 0 Å². The van der Waals surface area contributed by atoms with E-state index in [1.165, 1.54) is 0 Å². The van der Waals surface area contributed by atoms with Gasteiger partial charge in [-0.05, 0) is 44.4 Å². The average Bonchev–Trinajstić information content (AvgIpc) is 2.83. The summed E-state index contributed by atoms with van der Waals surface area (Å²) >= 11 is 0. The summed E-state index contributed by atoms with van der Waals surface area (Å²) in [5.41, 5.74) is 3.58. The molecule has 1 atom stereocenters. The highest BCUT2D eigenvalue weighted by atomic mass is 16.7. The Morgan fingerprint density at radius 2 is 1.93 bits per heavy atom. The van der Waals surface area contributed by atoms with Crippen molar-refractivity contribution in [1.82, 2.24) is 9.88 Å². The molecule has 0 radical (unpaired) electrons. The molecule has 0 aliphatic carbocycles. The van der Waals surface area contributed by atoms with Gasteiger partial charge < -0.3 is 19.1 Å². The normalized spacial score (nSPS) is 16.4. The molecule has 27 heavy (non-hydrogen) atoms. The molecule has 0 saturated carbocycles. The molecule has 144 valence electrons. The number of hydrogen-bond acceptors (Lipinski definition) is 6. The molecule has 7 heteroatoms. The summed E-state index contributed by atoms with van der Waals surface area (Å²) < 4.78 is 15.6. The van der Waals surface area contributed by atoms with Gasteiger partial charge in [-0.25, -0.2) is 14.6 Å². The highest BCUT2D eigenvalue weighted by Crippen LogP contribution is 2.32. The lowest BCUT2D eigenvalue weighted by Crippen LogP contribution is -2.36. The molecule has 0 spiro atoms. The number of pyridine rings is 1. The lowest BCUT2D eigenvalue weighted by Gasteiger charge is -2.23. The van der Waals surface area contributed by atoms with Crippen molar-refractivity contribution < 1.29 is 23.8 Å². The van der Waals surface area contributed by atoms with E-state index in [0.717, 1.165) is 22.0 Å². The third-order valence-electron chi connectivity index (χ3n) is 4.66. The molecular formula is C20H24N2O5. The highest BCUT2D eigenvalue weighted by molar-refractivity contribution is 5.83. The van der Waals surface area contributed by atoms with Gasteiger partial charge >= 0.3 is 12.2 Å². The number of fused-ring (bicyclic) bond motifs is 2. The average molecular weight is 372 g/mol. The quantitative estimate of drug-likeness (QED) is 0.763. The van der Waals surface area contributed by atoms with Crippen LogP contribution in [0.1, 0.15) is 36.8 Å². The first kappa shape index (κ1) is 18.9. The Balaban J connectivity index is 2.04. The van der Waals surface area contributed by atoms with Crippen molar-refractivity contribution in [2.75, 3.05) is 26.3 Å². The fourth-order valence-electron chi connectivity index (χ4n) is 3.39. The van der Waals surface area contributed by atoms with Gasteiger partial charge in [0.15, 0.2) is 6.10 Å². The maximum Gasteiger partial charge on any atom is 0.508 e. The first-order valence-corrected chi connectivity index (χ1v) is 9.18. The van der Waals surface area contributed by atoms with E-state index >= 15 is 0 Å². The summed E-state index contributed by atoms with van der Waals surface area (Å²) in [6, 6.07) is 7.84. The number of amides is 1. The zero-order valence-corrected chi connectivity index (χ0v) is 15.9. The molecule has 7 nitrogen and oxygen atoms in total. The number of benzene rings is 1. The van der Waals surface area contributed by atoms with Crippen LogP contribution in [0.5, 0.6) is 0 Å². The van der Waals surface area contributed by atoms with Crippen molar-refractivity contribution in [3.8, 4) is 0 Å². The zero-order valence-electron chi connectivity index (χ0n) is 15.9. The summed E-state index contributed by atoms with van der Waals surface area (Å²) in [7, 11) is 0. The van der Waals surface area contributed by atoms with E-state index in [2.05, 4.69) is 0 Å². The van der Waals surface area contributed by atoms with Crippen LogP contribution in [0.4, 0.5) is 9.59 Å². The molecule has 0 N–H and O–H groups in total. The Labute approximate surface area is 158 Å². The van der Waals surface area contributed by atoms with Crippen LogP contribution in [0.25, 0.3) is 10.9 Å². The van der Waals surface area contributed by atoms with Crippen LogP contribution < -0.4 is 0 Å². The lowest BCUT2D eigenvalue weighted by atomic mass is 9.97. The third kappa shape index (κ3) is 3.97. The molecule has 3 rings (SSSR count). The fraction of sp³-hybridized carbons (Fsp3) is 0.450. The predicted molar refractivity (Wildman–Crippen MR) is 99.6 cm³/mol. The van der Waals surface area contributed by atoms with E-state index < -0.39 is 18.4 Å². The molecule has 1 aliphatic heterocycles. The van der Waals surface area contributed by atoms with Gasteiger partial charge in [0, 0.05) is 11.9 Å². The lowest BCUT2D eigenvalue weighted by molar-refractivity contribution is 0.0111. The molecule has 1 aliphatic rings. The molecule has 2 aromatic rings. The van der Waals surface area contributed by atoms with Crippen LogP contribution in [0.15, 0.2) is 24.3 Å². The predicted octanol–water partition coefficient (Wildman–Crippen LogP) is 3.77. The van der Waals surface area contributed by atoms with E-state index in [9.17, 15) is 9.59 Å². The van der Waals surface area contributed by atoms with Crippen molar-refractivity contribution in [2.45, 2.75) is 33.3 Å². The van der Waals surface area contributed by atoms with Crippen LogP contribution in [-0.2, 0) is 20.6 Å². The molecule has 1 aromatic heterocycles. The SMILES string of the molecule is CCOC(=O)OC1CN(C(=O)OCC)CCc2c1nc1ccccc1c2C. The van der Waals surface area contributed by atoms with Gasteiger partial charge in [-0.15, -0.1) is 0 Å². The fourth-order valence-corrected chi connectivity index (χ4v) is 3.39. The molecule has 1 amide bonds. The Morgan fingerprint density at radius 1 is 1.19 bits per heavy atom. The number of carbonyl (C=O) groups excluding carboxylic acids is 2. The van der Waals surface area contributed by atoms with Crippen LogP contribution >= 0.6 is 0 Å². The Kier molecular flexibility index (Phi) is 5.78. The molecule has 1 unspecified atom stereocenters. The van der Waals surface area contributed by atoms with Gasteiger partial charge in [0.1, 0.15) is 0 Å². The Bertz CT molecular complexity index is 852. The minimum Gasteiger partial charge on any atom is -0.450 e. The van der Waals surface area contributed by atoms with E-state index in [-0.39, 0.29) is 19.8 Å². The van der Waals surface area contributed by atoms with Crippen molar-refractivity contribution in [3.63, 3.8) is 0 Å². The summed E-state index contributed by atoms with van der Waals surface area (Å²) in [5, 5.41) is 1.05. The van der Waals surface area contributed by atoms with E-state index in [1.54, 1.807) is 18.7 Å². The summed E-state index contributed by atoms with van der Waals surface area (Å²) in [4.78, 5) is 30.6. The summed E-state index contributed by atoms with van der Waals surface area (Å²) in [6.07, 6.45) is -1.30. The standard InChI is InChI=1S/C20H24N2O5/c1-4-25-19(23)22-11-10-15-13(3)14-8-6-7-9-16(14)21-18(15)17(12-22)27-20(24)26-5-2/h6-9,17H,4-5,10-12H2,1-3H3. The van der Waals surface area contributed by atoms with Crippen LogP contribution in [-0.4, -0.2) is 48.4 Å². The number of para-hydroxylation sites is 1. The Hall–Kier alpha value is -2.83. The zero-order chi connectivity index (χ0) is 19.4. The van der Waals surface area contributed by atoms with Crippen molar-refractivity contribution >= 4 is 23.2 Å². The molecular weight excluding hydrogens is 348 g/mol. The van der Waals surface area contributed by atoms with Gasteiger partial charge in [0.25, 0.3) is 0 Å². The number of aryl methyl sites for hydroxylation is 1. The van der Waals surface area contributed by atoms with Crippen molar-refractivity contribution in [3.05, 3.63) is 41.1 Å². The smallest absolute Gasteiger partial charge is 0.450 e. The second-order valence-electron chi connectivity index (χ2n) is 6.30. The first-order valence-electron chi connectivity index (χ1n) is 9.18. The van der Waals surface area contributed by atoms with E-state index in [4.69, 9.17) is 19.2 Å². The van der Waals surface area contributed by atoms with Crippen LogP contribution in [0.2, 0.25) is 0 Å². The van der Waals surface area contributed by atoms with Gasteiger partial charge in [-0.3, -0.25) is 0 Å². The highest BCUT2D eigenvalue weighted by Gasteiger charge is 2.32. The summed E-state index contributed by atoms with van der Waals surface area (Å²) in [6.45, 7) is 6.64. The first-order chi connectivity index (χ1) is 13.0. The second kappa shape index (κ2) is 8.24. The molecule has 0 saturated heterocycles. The van der Waals surface area contributed by atoms with Crippen molar-refractivity contribution in [1.29, 1.82) is 0 Å². The monoisotopic (exact) mass is 372 g/mol. The topological polar surface area (TPSA) is 78.0 Å². The number of aromatic nitrogens is 1. The van der Waals surface area contributed by atoms with E-state index in [1.807, 2.05) is 31.2 Å². The van der Waals surface area contributed by atoms with Gasteiger partial charge in [0.2, 0.25) is 0 Å². The van der Waals surface area contributed by atoms with Gasteiger partial charge in [0.05, 0.1) is 31.0 Å². The minimum atomic E-state index is -0.772. The van der Waals surface area contributed by atoms with Crippen LogP contribution in [0.3, 0.4) is 0 Å². The van der Waals surface area contributed by atoms with Crippen molar-refractivity contribution in [2.24, 2.45) is 0 Å². The maximum atomic E-state index is 12.3. The molecule has 1 aromatic carbocycles. The maximum absolute atomic E-state index is 12.3. The second-order valence-corrected chi connectivity index (χ2v) is 6.30. The molecule has 0 bridgehead atoms. The third-order valence-corrected chi connectivity index (χ3v) is 4.66. The van der Waals surface area contributed by atoms with E-state index in [0.29, 0.717) is 18.7 Å². The number of nitrogens with zero attached hydrogens (tertiary/aromatic N) is 2. The summed E-state index contributed by atoms with van der Waals surface area (Å²) in [5.74, 6) is 0. The number of hydrogen-bond donors (Lipinski definition) is 0. The minimum absolute atomic E-state index is 0.176.